The van der Waals surface area contributed by atoms with Crippen LogP contribution >= 0.6 is 12.2 Å². The molecule has 0 fully saturated rings. The van der Waals surface area contributed by atoms with E-state index in [1.165, 1.54) is 0 Å². The van der Waals surface area contributed by atoms with Crippen molar-refractivity contribution >= 4 is 38.0 Å². The summed E-state index contributed by atoms with van der Waals surface area (Å²) >= 11 is 9.43. The number of thiol groups is 1. The molecule has 0 aliphatic carbocycles. The van der Waals surface area contributed by atoms with Crippen molar-refractivity contribution in [2.75, 3.05) is 14.1 Å². The lowest BCUT2D eigenvalue weighted by atomic mass is 11.0. The smallest absolute Gasteiger partial charge is 0.137 e. The minimum absolute atomic E-state index is 0.763. The molecule has 0 N–H and O–H groups in total. The zero-order chi connectivity index (χ0) is 5.86. The van der Waals surface area contributed by atoms with Crippen LogP contribution < -0.4 is 0 Å². The second kappa shape index (κ2) is 3.46. The molecule has 0 atom stereocenters. The Morgan fingerprint density at radius 2 is 2.00 bits per heavy atom. The second-order valence-corrected chi connectivity index (χ2v) is 3.11. The van der Waals surface area contributed by atoms with Gasteiger partial charge in [-0.05, 0) is 11.2 Å². The fourth-order valence-electron chi connectivity index (χ4n) is 0.0816. The summed E-state index contributed by atoms with van der Waals surface area (Å²) in [5.41, 5.74) is 0. The lowest BCUT2D eigenvalue weighted by Gasteiger charge is -2.06. The molecule has 0 bridgehead atoms. The molecule has 7 heavy (non-hydrogen) atoms. The molecule has 0 unspecified atom stereocenters. The largest absolute Gasteiger partial charge is 0.364 e. The molecule has 1 nitrogen and oxygen atoms in total. The first-order valence-electron chi connectivity index (χ1n) is 1.73. The van der Waals surface area contributed by atoms with E-state index >= 15 is 0 Å². The summed E-state index contributed by atoms with van der Waals surface area (Å²) in [4.78, 5) is 1.84. The second-order valence-electron chi connectivity index (χ2n) is 1.27. The number of nitrogens with zero attached hydrogens (tertiary/aromatic N) is 1. The number of hydrogen-bond acceptors (Lipinski definition) is 2. The van der Waals surface area contributed by atoms with Gasteiger partial charge in [0.25, 0.3) is 0 Å². The quantitative estimate of drug-likeness (QED) is 0.389. The highest BCUT2D eigenvalue weighted by Gasteiger charge is 1.87. The van der Waals surface area contributed by atoms with E-state index in [0.29, 0.717) is 0 Å². The van der Waals surface area contributed by atoms with Crippen molar-refractivity contribution in [2.45, 2.75) is 0 Å². The average molecular weight is 153 g/mol. The minimum Gasteiger partial charge on any atom is -0.364 e. The minimum atomic E-state index is 0.763. The van der Waals surface area contributed by atoms with Crippen LogP contribution in [0.2, 0.25) is 0 Å². The summed E-state index contributed by atoms with van der Waals surface area (Å²) < 4.78 is 0.801. The maximum absolute atomic E-state index is 4.79. The fourth-order valence-corrected chi connectivity index (χ4v) is 0.735. The molecule has 0 saturated carbocycles. The third kappa shape index (κ3) is 3.08. The third-order valence-electron chi connectivity index (χ3n) is 0.461. The molecule has 0 aliphatic heterocycles. The Hall–Kier alpha value is 0.460. The predicted molar refractivity (Wildman–Crippen MR) is 42.4 cm³/mol. The topological polar surface area (TPSA) is 3.24 Å². The van der Waals surface area contributed by atoms with E-state index in [2.05, 4.69) is 11.2 Å². The Labute approximate surface area is 57.3 Å². The summed E-state index contributed by atoms with van der Waals surface area (Å²) in [6.45, 7) is 0. The van der Waals surface area contributed by atoms with Crippen molar-refractivity contribution in [2.24, 2.45) is 0 Å². The molecular weight excluding hydrogens is 146 g/mol. The van der Waals surface area contributed by atoms with E-state index in [1.54, 1.807) is 0 Å². The van der Waals surface area contributed by atoms with Crippen molar-refractivity contribution < 1.29 is 0 Å². The first-order valence-corrected chi connectivity index (χ1v) is 4.04. The lowest BCUT2D eigenvalue weighted by Crippen LogP contribution is -2.17. The molecule has 0 spiro atoms. The lowest BCUT2D eigenvalue weighted by molar-refractivity contribution is 0.648. The van der Waals surface area contributed by atoms with E-state index in [1.807, 2.05) is 19.0 Å². The molecule has 0 aliphatic rings. The van der Waals surface area contributed by atoms with Gasteiger partial charge in [-0.3, -0.25) is 0 Å². The highest BCUT2D eigenvalue weighted by molar-refractivity contribution is 8.31. The van der Waals surface area contributed by atoms with E-state index in [4.69, 9.17) is 12.2 Å². The maximum atomic E-state index is 4.79. The van der Waals surface area contributed by atoms with Gasteiger partial charge in [-0.1, -0.05) is 22.5 Å². The van der Waals surface area contributed by atoms with Gasteiger partial charge in [0.15, 0.2) is 0 Å². The monoisotopic (exact) mass is 153 g/mol. The van der Waals surface area contributed by atoms with Gasteiger partial charge < -0.3 is 4.90 Å². The molecule has 0 amide bonds. The van der Waals surface area contributed by atoms with Gasteiger partial charge in [-0.15, -0.1) is 0 Å². The Morgan fingerprint density at radius 1 is 1.57 bits per heavy atom. The van der Waals surface area contributed by atoms with Gasteiger partial charge in [0.05, 0.1) is 0 Å². The molecule has 4 heteroatoms. The van der Waals surface area contributed by atoms with Crippen LogP contribution in [0.1, 0.15) is 0 Å². The average Bonchev–Trinajstić information content (AvgIpc) is 1.65. The summed E-state index contributed by atoms with van der Waals surface area (Å²) in [5.74, 6) is 0. The van der Waals surface area contributed by atoms with Crippen LogP contribution in [-0.4, -0.2) is 23.3 Å². The van der Waals surface area contributed by atoms with Crippen LogP contribution in [0, 0.1) is 0 Å². The number of thiocarbonyl (C=S) groups is 1. The Bertz CT molecular complexity index is 88.2. The van der Waals surface area contributed by atoms with Crippen molar-refractivity contribution in [1.82, 2.24) is 4.90 Å². The first-order chi connectivity index (χ1) is 3.18. The molecular formula is C3H7NS3. The van der Waals surface area contributed by atoms with Gasteiger partial charge in [0.1, 0.15) is 4.32 Å². The van der Waals surface area contributed by atoms with Gasteiger partial charge in [-0.2, -0.15) is 0 Å². The first kappa shape index (κ1) is 7.46. The summed E-state index contributed by atoms with van der Waals surface area (Å²) in [5, 5.41) is 0. The van der Waals surface area contributed by atoms with Gasteiger partial charge in [-0.25, -0.2) is 0 Å². The zero-order valence-electron chi connectivity index (χ0n) is 4.21. The van der Waals surface area contributed by atoms with E-state index in [-0.39, 0.29) is 0 Å². The fraction of sp³-hybridized carbons (Fsp3) is 0.667. The molecule has 42 valence electrons. The van der Waals surface area contributed by atoms with E-state index in [0.717, 1.165) is 14.6 Å². The summed E-state index contributed by atoms with van der Waals surface area (Å²) in [7, 11) is 4.54. The van der Waals surface area contributed by atoms with Crippen LogP contribution in [0.3, 0.4) is 0 Å². The SMILES string of the molecule is CN(C)C(=S)[SH]=S. The van der Waals surface area contributed by atoms with Gasteiger partial charge >= 0.3 is 0 Å². The van der Waals surface area contributed by atoms with E-state index in [9.17, 15) is 0 Å². The van der Waals surface area contributed by atoms with Crippen LogP contribution in [0.4, 0.5) is 0 Å². The Kier molecular flexibility index (Phi) is 3.69. The molecule has 0 radical (unpaired) electrons. The molecule has 0 aromatic rings. The standard InChI is InChI=1S/C3H7NS3/c1-4(2)3(5)7-6/h7H,1-2H3. The van der Waals surface area contributed by atoms with Crippen molar-refractivity contribution in [3.8, 4) is 0 Å². The van der Waals surface area contributed by atoms with Crippen LogP contribution in [-0.2, 0) is 21.5 Å². The number of hydrogen-bond donors (Lipinski definition) is 1. The van der Waals surface area contributed by atoms with Crippen LogP contribution in [0.15, 0.2) is 0 Å². The summed E-state index contributed by atoms with van der Waals surface area (Å²) in [6.07, 6.45) is 0. The molecule has 0 saturated heterocycles. The van der Waals surface area contributed by atoms with Crippen molar-refractivity contribution in [3.63, 3.8) is 0 Å². The van der Waals surface area contributed by atoms with Gasteiger partial charge in [0, 0.05) is 14.1 Å². The molecule has 0 aromatic carbocycles. The van der Waals surface area contributed by atoms with Gasteiger partial charge in [0.2, 0.25) is 0 Å². The van der Waals surface area contributed by atoms with E-state index < -0.39 is 0 Å². The maximum Gasteiger partial charge on any atom is 0.137 e. The third-order valence-corrected chi connectivity index (χ3v) is 2.52. The Morgan fingerprint density at radius 3 is 2.00 bits per heavy atom. The molecule has 0 rings (SSSR count). The zero-order valence-corrected chi connectivity index (χ0v) is 6.74. The van der Waals surface area contributed by atoms with Crippen LogP contribution in [0.5, 0.6) is 0 Å². The predicted octanol–water partition coefficient (Wildman–Crippen LogP) is 0.110. The number of rotatable bonds is 0. The van der Waals surface area contributed by atoms with Crippen molar-refractivity contribution in [1.29, 1.82) is 0 Å². The normalized spacial score (nSPS) is 8.29. The van der Waals surface area contributed by atoms with Crippen LogP contribution in [0.25, 0.3) is 0 Å². The van der Waals surface area contributed by atoms with Crippen molar-refractivity contribution in [3.05, 3.63) is 0 Å². The Balaban J connectivity index is 3.56. The highest BCUT2D eigenvalue weighted by atomic mass is 32.8. The molecule has 0 heterocycles. The molecule has 0 aromatic heterocycles. The highest BCUT2D eigenvalue weighted by Crippen LogP contribution is 1.77. The summed E-state index contributed by atoms with van der Waals surface area (Å²) in [6, 6.07) is 0.